The summed E-state index contributed by atoms with van der Waals surface area (Å²) >= 11 is 0. The van der Waals surface area contributed by atoms with E-state index in [1.165, 1.54) is 0 Å². The number of benzene rings is 1. The van der Waals surface area contributed by atoms with Crippen molar-refractivity contribution in [1.82, 2.24) is 5.01 Å². The highest BCUT2D eigenvalue weighted by Crippen LogP contribution is 2.30. The van der Waals surface area contributed by atoms with E-state index < -0.39 is 6.04 Å². The second-order valence-electron chi connectivity index (χ2n) is 4.37. The third kappa shape index (κ3) is 1.67. The van der Waals surface area contributed by atoms with E-state index in [1.54, 1.807) is 0 Å². The van der Waals surface area contributed by atoms with Gasteiger partial charge in [-0.3, -0.25) is 5.01 Å². The van der Waals surface area contributed by atoms with Crippen molar-refractivity contribution in [2.75, 3.05) is 0 Å². The predicted molar refractivity (Wildman–Crippen MR) is 60.0 cm³/mol. The van der Waals surface area contributed by atoms with Crippen LogP contribution >= 0.6 is 0 Å². The van der Waals surface area contributed by atoms with Gasteiger partial charge in [-0.05, 0) is 12.5 Å². The van der Waals surface area contributed by atoms with Gasteiger partial charge in [0.2, 0.25) is 0 Å². The van der Waals surface area contributed by atoms with Gasteiger partial charge in [0.15, 0.2) is 6.04 Å². The average Bonchev–Trinajstić information content (AvgIpc) is 2.85. The first-order chi connectivity index (χ1) is 8.25. The number of hydrogen-bond acceptors (Lipinski definition) is 5. The fraction of sp³-hybridized carbons (Fsp3) is 0.417. The zero-order valence-corrected chi connectivity index (χ0v) is 9.48. The van der Waals surface area contributed by atoms with Crippen LogP contribution in [0.15, 0.2) is 40.7 Å². The minimum Gasteiger partial charge on any atom is -0.459 e. The van der Waals surface area contributed by atoms with Gasteiger partial charge >= 0.3 is 5.97 Å². The van der Waals surface area contributed by atoms with Crippen molar-refractivity contribution in [2.24, 2.45) is 10.3 Å². The molecule has 0 amide bonds. The van der Waals surface area contributed by atoms with Crippen LogP contribution in [0.25, 0.3) is 0 Å². The Morgan fingerprint density at radius 1 is 1.35 bits per heavy atom. The molecule has 0 N–H and O–H groups in total. The Morgan fingerprint density at radius 2 is 2.12 bits per heavy atom. The molecular weight excluding hydrogens is 218 g/mol. The number of carbonyl (C=O) groups excluding carboxylic acids is 1. The molecule has 0 aromatic heterocycles. The molecule has 0 saturated carbocycles. The number of carbonyl (C=O) groups is 1. The topological polar surface area (TPSA) is 54.3 Å². The third-order valence-corrected chi connectivity index (χ3v) is 3.17. The second-order valence-corrected chi connectivity index (χ2v) is 4.37. The molecule has 1 aromatic carbocycles. The Kier molecular flexibility index (Phi) is 2.31. The van der Waals surface area contributed by atoms with Crippen molar-refractivity contribution in [1.29, 1.82) is 0 Å². The summed E-state index contributed by atoms with van der Waals surface area (Å²) in [6, 6.07) is 9.52. The first kappa shape index (κ1) is 10.3. The molecule has 0 bridgehead atoms. The number of rotatable bonds is 2. The van der Waals surface area contributed by atoms with Crippen LogP contribution in [0.4, 0.5) is 0 Å². The summed E-state index contributed by atoms with van der Waals surface area (Å²) in [7, 11) is 0. The molecule has 0 spiro atoms. The SMILES string of the molecule is CC1OC(=O)C2N=NN(Cc3ccccc3)C12. The number of hydrogen-bond donors (Lipinski definition) is 0. The van der Waals surface area contributed by atoms with Crippen LogP contribution in [0, 0.1) is 0 Å². The predicted octanol–water partition coefficient (Wildman–Crippen LogP) is 1.55. The van der Waals surface area contributed by atoms with Crippen LogP contribution in [-0.2, 0) is 16.1 Å². The fourth-order valence-corrected chi connectivity index (χ4v) is 2.33. The van der Waals surface area contributed by atoms with Crippen molar-refractivity contribution in [3.05, 3.63) is 35.9 Å². The molecule has 1 fully saturated rings. The van der Waals surface area contributed by atoms with Gasteiger partial charge in [-0.25, -0.2) is 4.79 Å². The molecule has 0 aliphatic carbocycles. The van der Waals surface area contributed by atoms with Gasteiger partial charge in [0.05, 0.1) is 6.54 Å². The normalized spacial score (nSPS) is 30.5. The molecule has 1 saturated heterocycles. The Morgan fingerprint density at radius 3 is 2.88 bits per heavy atom. The van der Waals surface area contributed by atoms with Gasteiger partial charge in [-0.1, -0.05) is 35.6 Å². The van der Waals surface area contributed by atoms with Crippen LogP contribution in [0.2, 0.25) is 0 Å². The summed E-state index contributed by atoms with van der Waals surface area (Å²) in [5.74, 6) is -0.262. The molecule has 3 rings (SSSR count). The lowest BCUT2D eigenvalue weighted by Gasteiger charge is -2.22. The van der Waals surface area contributed by atoms with E-state index in [0.717, 1.165) is 5.56 Å². The summed E-state index contributed by atoms with van der Waals surface area (Å²) in [6.07, 6.45) is -0.147. The van der Waals surface area contributed by atoms with Crippen LogP contribution < -0.4 is 0 Å². The highest BCUT2D eigenvalue weighted by Gasteiger charge is 2.49. The Hall–Kier alpha value is -1.91. The first-order valence-corrected chi connectivity index (χ1v) is 5.67. The summed E-state index contributed by atoms with van der Waals surface area (Å²) in [5, 5.41) is 9.90. The Labute approximate surface area is 99.1 Å². The molecule has 3 atom stereocenters. The molecular formula is C12H13N3O2. The van der Waals surface area contributed by atoms with E-state index in [0.29, 0.717) is 6.54 Å². The largest absolute Gasteiger partial charge is 0.459 e. The number of fused-ring (bicyclic) bond motifs is 1. The van der Waals surface area contributed by atoms with Crippen molar-refractivity contribution in [3.8, 4) is 0 Å². The van der Waals surface area contributed by atoms with Gasteiger partial charge in [0.25, 0.3) is 0 Å². The summed E-state index contributed by atoms with van der Waals surface area (Å²) in [5.41, 5.74) is 1.15. The summed E-state index contributed by atoms with van der Waals surface area (Å²) < 4.78 is 5.16. The highest BCUT2D eigenvalue weighted by atomic mass is 16.6. The summed E-state index contributed by atoms with van der Waals surface area (Å²) in [4.78, 5) is 11.5. The minimum atomic E-state index is -0.436. The van der Waals surface area contributed by atoms with E-state index in [4.69, 9.17) is 4.74 Å². The molecule has 5 heteroatoms. The van der Waals surface area contributed by atoms with Gasteiger partial charge in [-0.15, -0.1) is 0 Å². The molecule has 5 nitrogen and oxygen atoms in total. The first-order valence-electron chi connectivity index (χ1n) is 5.67. The molecule has 2 heterocycles. The lowest BCUT2D eigenvalue weighted by molar-refractivity contribution is -0.142. The fourth-order valence-electron chi connectivity index (χ4n) is 2.33. The van der Waals surface area contributed by atoms with Crippen LogP contribution in [0.1, 0.15) is 12.5 Å². The smallest absolute Gasteiger partial charge is 0.335 e. The zero-order chi connectivity index (χ0) is 11.8. The number of ether oxygens (including phenoxy) is 1. The van der Waals surface area contributed by atoms with E-state index in [-0.39, 0.29) is 18.1 Å². The van der Waals surface area contributed by atoms with Crippen molar-refractivity contribution < 1.29 is 9.53 Å². The molecule has 2 aliphatic heterocycles. The van der Waals surface area contributed by atoms with Crippen molar-refractivity contribution >= 4 is 5.97 Å². The maximum atomic E-state index is 11.5. The zero-order valence-electron chi connectivity index (χ0n) is 9.48. The molecule has 88 valence electrons. The van der Waals surface area contributed by atoms with Crippen LogP contribution in [-0.4, -0.2) is 29.2 Å². The van der Waals surface area contributed by atoms with Crippen LogP contribution in [0.3, 0.4) is 0 Å². The van der Waals surface area contributed by atoms with Crippen molar-refractivity contribution in [3.63, 3.8) is 0 Å². The number of esters is 1. The van der Waals surface area contributed by atoms with Gasteiger partial charge in [0, 0.05) is 0 Å². The minimum absolute atomic E-state index is 0.0530. The lowest BCUT2D eigenvalue weighted by atomic mass is 10.1. The van der Waals surface area contributed by atoms with E-state index in [9.17, 15) is 4.79 Å². The molecule has 1 aromatic rings. The average molecular weight is 231 g/mol. The quantitative estimate of drug-likeness (QED) is 0.726. The molecule has 3 unspecified atom stereocenters. The van der Waals surface area contributed by atoms with Gasteiger partial charge in [0.1, 0.15) is 12.1 Å². The number of cyclic esters (lactones) is 1. The summed E-state index contributed by atoms with van der Waals surface area (Å²) in [6.45, 7) is 2.55. The Bertz CT molecular complexity index is 460. The second kappa shape index (κ2) is 3.84. The lowest BCUT2D eigenvalue weighted by Crippen LogP contribution is -2.38. The third-order valence-electron chi connectivity index (χ3n) is 3.17. The monoisotopic (exact) mass is 231 g/mol. The van der Waals surface area contributed by atoms with Gasteiger partial charge in [-0.2, -0.15) is 5.11 Å². The van der Waals surface area contributed by atoms with E-state index >= 15 is 0 Å². The number of nitrogens with zero attached hydrogens (tertiary/aromatic N) is 3. The maximum Gasteiger partial charge on any atom is 0.335 e. The molecule has 0 radical (unpaired) electrons. The highest BCUT2D eigenvalue weighted by molar-refractivity contribution is 5.79. The standard InChI is InChI=1S/C12H13N3O2/c1-8-11-10(12(16)17-8)13-14-15(11)7-9-5-3-2-4-6-9/h2-6,8,10-11H,7H2,1H3. The maximum absolute atomic E-state index is 11.5. The van der Waals surface area contributed by atoms with Crippen LogP contribution in [0.5, 0.6) is 0 Å². The molecule has 17 heavy (non-hydrogen) atoms. The van der Waals surface area contributed by atoms with Gasteiger partial charge < -0.3 is 4.74 Å². The van der Waals surface area contributed by atoms with Crippen molar-refractivity contribution in [2.45, 2.75) is 31.7 Å². The van der Waals surface area contributed by atoms with E-state index in [2.05, 4.69) is 10.3 Å². The van der Waals surface area contributed by atoms with E-state index in [1.807, 2.05) is 42.3 Å². The molecule has 2 aliphatic rings. The Balaban J connectivity index is 1.78.